The van der Waals surface area contributed by atoms with Crippen LogP contribution < -0.4 is 15.4 Å². The summed E-state index contributed by atoms with van der Waals surface area (Å²) in [6.45, 7) is 2.10. The number of ether oxygens (including phenoxy) is 2. The van der Waals surface area contributed by atoms with Gasteiger partial charge in [-0.1, -0.05) is 30.3 Å². The van der Waals surface area contributed by atoms with E-state index >= 15 is 0 Å². The van der Waals surface area contributed by atoms with Crippen molar-refractivity contribution >= 4 is 11.9 Å². The zero-order valence-electron chi connectivity index (χ0n) is 18.3. The number of hydrogen-bond donors (Lipinski definition) is 3. The van der Waals surface area contributed by atoms with Crippen molar-refractivity contribution in [3.63, 3.8) is 0 Å². The van der Waals surface area contributed by atoms with Crippen molar-refractivity contribution in [2.75, 3.05) is 33.4 Å². The maximum absolute atomic E-state index is 12.7. The summed E-state index contributed by atoms with van der Waals surface area (Å²) in [5, 5.41) is 16.3. The van der Waals surface area contributed by atoms with E-state index in [1.54, 1.807) is 36.3 Å². The van der Waals surface area contributed by atoms with Gasteiger partial charge >= 0.3 is 6.03 Å². The third-order valence-electron chi connectivity index (χ3n) is 5.37. The predicted molar refractivity (Wildman–Crippen MR) is 121 cm³/mol. The second kappa shape index (κ2) is 12.1. The molecular formula is C24H31N3O5. The minimum atomic E-state index is -0.720. The molecule has 8 nitrogen and oxygen atoms in total. The summed E-state index contributed by atoms with van der Waals surface area (Å²) in [5.74, 6) is 0.346. The van der Waals surface area contributed by atoms with Crippen molar-refractivity contribution < 1.29 is 24.2 Å². The van der Waals surface area contributed by atoms with Crippen LogP contribution in [0.3, 0.4) is 0 Å². The minimum Gasteiger partial charge on any atom is -0.491 e. The molecule has 1 aliphatic rings. The van der Waals surface area contributed by atoms with Gasteiger partial charge in [0.2, 0.25) is 0 Å². The van der Waals surface area contributed by atoms with E-state index < -0.39 is 12.1 Å². The summed E-state index contributed by atoms with van der Waals surface area (Å²) in [6.07, 6.45) is 0.460. The van der Waals surface area contributed by atoms with Crippen molar-refractivity contribution in [3.05, 3.63) is 65.7 Å². The van der Waals surface area contributed by atoms with E-state index in [4.69, 9.17) is 9.47 Å². The summed E-state index contributed by atoms with van der Waals surface area (Å²) in [4.78, 5) is 27.1. The number of methoxy groups -OCH3 is 1. The fraction of sp³-hybridized carbons (Fsp3) is 0.417. The van der Waals surface area contributed by atoms with E-state index in [1.807, 2.05) is 30.3 Å². The Morgan fingerprint density at radius 2 is 1.84 bits per heavy atom. The van der Waals surface area contributed by atoms with Crippen LogP contribution in [0, 0.1) is 0 Å². The summed E-state index contributed by atoms with van der Waals surface area (Å²) < 4.78 is 10.5. The van der Waals surface area contributed by atoms with Crippen LogP contribution in [0.15, 0.2) is 54.6 Å². The van der Waals surface area contributed by atoms with E-state index in [2.05, 4.69) is 10.6 Å². The Morgan fingerprint density at radius 1 is 1.09 bits per heavy atom. The highest BCUT2D eigenvalue weighted by molar-refractivity contribution is 5.94. The van der Waals surface area contributed by atoms with Gasteiger partial charge < -0.3 is 30.1 Å². The summed E-state index contributed by atoms with van der Waals surface area (Å²) in [5.41, 5.74) is 1.47. The third-order valence-corrected chi connectivity index (χ3v) is 5.37. The molecule has 0 bridgehead atoms. The van der Waals surface area contributed by atoms with Crippen LogP contribution in [-0.4, -0.2) is 67.5 Å². The zero-order chi connectivity index (χ0) is 22.8. The first-order valence-electron chi connectivity index (χ1n) is 10.8. The van der Waals surface area contributed by atoms with Crippen molar-refractivity contribution in [1.29, 1.82) is 0 Å². The van der Waals surface area contributed by atoms with Crippen LogP contribution in [0.1, 0.15) is 28.8 Å². The lowest BCUT2D eigenvalue weighted by atomic mass is 10.1. The number of nitrogens with zero attached hydrogens (tertiary/aromatic N) is 1. The van der Waals surface area contributed by atoms with Gasteiger partial charge in [-0.05, 0) is 42.7 Å². The van der Waals surface area contributed by atoms with Crippen LogP contribution in [0.25, 0.3) is 0 Å². The first-order valence-corrected chi connectivity index (χ1v) is 10.8. The molecule has 1 aliphatic heterocycles. The molecule has 1 fully saturated rings. The monoisotopic (exact) mass is 441 g/mol. The molecule has 0 saturated carbocycles. The third kappa shape index (κ3) is 6.96. The molecule has 0 unspecified atom stereocenters. The number of carbonyl (C=O) groups is 2. The highest BCUT2D eigenvalue weighted by atomic mass is 16.5. The fourth-order valence-corrected chi connectivity index (χ4v) is 3.55. The van der Waals surface area contributed by atoms with E-state index in [1.165, 1.54) is 0 Å². The Labute approximate surface area is 188 Å². The first kappa shape index (κ1) is 23.6. The van der Waals surface area contributed by atoms with Gasteiger partial charge in [-0.25, -0.2) is 4.79 Å². The van der Waals surface area contributed by atoms with Crippen molar-refractivity contribution in [2.45, 2.75) is 31.5 Å². The number of nitrogens with one attached hydrogen (secondary N) is 2. The maximum atomic E-state index is 12.7. The first-order chi connectivity index (χ1) is 15.6. The van der Waals surface area contributed by atoms with Crippen LogP contribution in [0.4, 0.5) is 4.79 Å². The molecule has 1 heterocycles. The highest BCUT2D eigenvalue weighted by Gasteiger charge is 2.29. The van der Waals surface area contributed by atoms with Gasteiger partial charge in [-0.15, -0.1) is 0 Å². The Morgan fingerprint density at radius 3 is 2.56 bits per heavy atom. The molecule has 3 rings (SSSR count). The maximum Gasteiger partial charge on any atom is 0.317 e. The molecule has 32 heavy (non-hydrogen) atoms. The second-order valence-corrected chi connectivity index (χ2v) is 7.75. The normalized spacial score (nSPS) is 18.5. The highest BCUT2D eigenvalue weighted by Crippen LogP contribution is 2.15. The summed E-state index contributed by atoms with van der Waals surface area (Å²) in [6, 6.07) is 15.7. The standard InChI is InChI=1S/C24H31N3O5/c1-31-14-15-32-20-11-9-19(10-12-20)23(29)26-21-17-27(13-5-8-22(21)28)24(30)25-16-18-6-3-2-4-7-18/h2-4,6-7,9-12,21-22,28H,5,8,13-17H2,1H3,(H,25,30)(H,26,29)/t21-,22-/m1/s1. The lowest BCUT2D eigenvalue weighted by Gasteiger charge is -2.27. The molecule has 0 aromatic heterocycles. The molecule has 1 saturated heterocycles. The van der Waals surface area contributed by atoms with Crippen LogP contribution >= 0.6 is 0 Å². The number of urea groups is 1. The molecule has 3 N–H and O–H groups in total. The number of hydrogen-bond acceptors (Lipinski definition) is 5. The summed E-state index contributed by atoms with van der Waals surface area (Å²) >= 11 is 0. The molecule has 3 amide bonds. The van der Waals surface area contributed by atoms with Crippen LogP contribution in [0.2, 0.25) is 0 Å². The van der Waals surface area contributed by atoms with Crippen LogP contribution in [0.5, 0.6) is 5.75 Å². The molecule has 8 heteroatoms. The van der Waals surface area contributed by atoms with Gasteiger partial charge in [0.15, 0.2) is 0 Å². The molecule has 2 aromatic carbocycles. The molecule has 172 valence electrons. The number of amides is 3. The lowest BCUT2D eigenvalue weighted by molar-refractivity contribution is 0.0809. The molecule has 2 aromatic rings. The Kier molecular flexibility index (Phi) is 8.89. The molecule has 0 spiro atoms. The average Bonchev–Trinajstić information content (AvgIpc) is 3.00. The second-order valence-electron chi connectivity index (χ2n) is 7.75. The quantitative estimate of drug-likeness (QED) is 0.545. The van der Waals surface area contributed by atoms with E-state index in [0.717, 1.165) is 5.56 Å². The number of aliphatic hydroxyl groups is 1. The van der Waals surface area contributed by atoms with Gasteiger partial charge in [-0.3, -0.25) is 4.79 Å². The number of rotatable bonds is 8. The van der Waals surface area contributed by atoms with Gasteiger partial charge in [0.25, 0.3) is 5.91 Å². The van der Waals surface area contributed by atoms with Gasteiger partial charge in [0, 0.05) is 32.3 Å². The summed E-state index contributed by atoms with van der Waals surface area (Å²) in [7, 11) is 1.60. The SMILES string of the molecule is COCCOc1ccc(C(=O)N[C@@H]2CN(C(=O)NCc3ccccc3)CCC[C@H]2O)cc1. The Balaban J connectivity index is 1.55. The van der Waals surface area contributed by atoms with Crippen molar-refractivity contribution in [1.82, 2.24) is 15.5 Å². The van der Waals surface area contributed by atoms with Crippen LogP contribution in [-0.2, 0) is 11.3 Å². The molecule has 2 atom stereocenters. The molecular weight excluding hydrogens is 410 g/mol. The molecule has 0 radical (unpaired) electrons. The minimum absolute atomic E-state index is 0.209. The Bertz CT molecular complexity index is 860. The zero-order valence-corrected chi connectivity index (χ0v) is 18.3. The van der Waals surface area contributed by atoms with Crippen molar-refractivity contribution in [2.24, 2.45) is 0 Å². The lowest BCUT2D eigenvalue weighted by Crippen LogP contribution is -2.51. The van der Waals surface area contributed by atoms with Gasteiger partial charge in [-0.2, -0.15) is 0 Å². The topological polar surface area (TPSA) is 100 Å². The predicted octanol–water partition coefficient (Wildman–Crippen LogP) is 2.18. The number of benzene rings is 2. The van der Waals surface area contributed by atoms with Gasteiger partial charge in [0.1, 0.15) is 12.4 Å². The number of aliphatic hydroxyl groups excluding tert-OH is 1. The Hall–Kier alpha value is -3.10. The van der Waals surface area contributed by atoms with E-state index in [0.29, 0.717) is 50.5 Å². The largest absolute Gasteiger partial charge is 0.491 e. The van der Waals surface area contributed by atoms with E-state index in [-0.39, 0.29) is 18.5 Å². The smallest absolute Gasteiger partial charge is 0.317 e. The van der Waals surface area contributed by atoms with Gasteiger partial charge in [0.05, 0.1) is 18.8 Å². The number of likely N-dealkylation sites (tertiary alicyclic amines) is 1. The average molecular weight is 442 g/mol. The fourth-order valence-electron chi connectivity index (χ4n) is 3.55. The molecule has 0 aliphatic carbocycles. The van der Waals surface area contributed by atoms with Crippen molar-refractivity contribution in [3.8, 4) is 5.75 Å². The van der Waals surface area contributed by atoms with E-state index in [9.17, 15) is 14.7 Å². The number of carbonyl (C=O) groups excluding carboxylic acids is 2.